The zero-order chi connectivity index (χ0) is 11.0. The zero-order valence-electron chi connectivity index (χ0n) is 7.92. The van der Waals surface area contributed by atoms with Crippen LogP contribution in [0, 0.1) is 12.7 Å². The fourth-order valence-electron chi connectivity index (χ4n) is 1.49. The lowest BCUT2D eigenvalue weighted by Gasteiger charge is -2.03. The van der Waals surface area contributed by atoms with Crippen LogP contribution in [0.5, 0.6) is 0 Å². The minimum absolute atomic E-state index is 0.290. The second-order valence-corrected chi connectivity index (χ2v) is 3.59. The van der Waals surface area contributed by atoms with Crippen LogP contribution in [0.4, 0.5) is 4.39 Å². The van der Waals surface area contributed by atoms with E-state index in [1.807, 2.05) is 0 Å². The Labute approximate surface area is 90.7 Å². The summed E-state index contributed by atoms with van der Waals surface area (Å²) in [6, 6.07) is 5.65. The fourth-order valence-corrected chi connectivity index (χ4v) is 1.65. The van der Waals surface area contributed by atoms with E-state index in [9.17, 15) is 9.18 Å². The van der Waals surface area contributed by atoms with E-state index in [0.717, 1.165) is 0 Å². The lowest BCUT2D eigenvalue weighted by molar-refractivity contribution is 0.108. The molecule has 4 heteroatoms. The molecule has 76 valence electrons. The molecule has 0 saturated heterocycles. The summed E-state index contributed by atoms with van der Waals surface area (Å²) in [7, 11) is 0. The molecule has 0 unspecified atom stereocenters. The van der Waals surface area contributed by atoms with Gasteiger partial charge in [-0.05, 0) is 42.8 Å². The Morgan fingerprint density at radius 3 is 2.80 bits per heavy atom. The number of pyridine rings is 1. The van der Waals surface area contributed by atoms with Gasteiger partial charge in [-0.25, -0.2) is 4.39 Å². The quantitative estimate of drug-likeness (QED) is 0.696. The van der Waals surface area contributed by atoms with E-state index < -0.39 is 11.1 Å². The van der Waals surface area contributed by atoms with E-state index in [1.165, 1.54) is 18.2 Å². The Hall–Kier alpha value is -1.48. The molecule has 1 aromatic carbocycles. The summed E-state index contributed by atoms with van der Waals surface area (Å²) in [6.07, 6.45) is 0. The van der Waals surface area contributed by atoms with Crippen LogP contribution in [-0.4, -0.2) is 10.2 Å². The standard InChI is InChI=1S/C11H7ClFNO/c1-6-4-9(11(12)15)8-5-7(13)2-3-10(8)14-6/h2-5H,1H3. The molecule has 1 aromatic heterocycles. The monoisotopic (exact) mass is 223 g/mol. The van der Waals surface area contributed by atoms with Crippen LogP contribution in [0.3, 0.4) is 0 Å². The molecule has 2 nitrogen and oxygen atoms in total. The molecule has 0 spiro atoms. The van der Waals surface area contributed by atoms with Gasteiger partial charge in [0.1, 0.15) is 5.82 Å². The third-order valence-corrected chi connectivity index (χ3v) is 2.31. The molecule has 0 saturated carbocycles. The first kappa shape index (κ1) is 10.1. The topological polar surface area (TPSA) is 30.0 Å². The summed E-state index contributed by atoms with van der Waals surface area (Å²) in [5, 5.41) is -0.156. The van der Waals surface area contributed by atoms with Gasteiger partial charge in [0.15, 0.2) is 0 Å². The second-order valence-electron chi connectivity index (χ2n) is 3.25. The van der Waals surface area contributed by atoms with Crippen LogP contribution in [-0.2, 0) is 0 Å². The molecule has 2 aromatic rings. The fraction of sp³-hybridized carbons (Fsp3) is 0.0909. The molecule has 0 aliphatic heterocycles. The van der Waals surface area contributed by atoms with Crippen molar-refractivity contribution in [3.63, 3.8) is 0 Å². The van der Waals surface area contributed by atoms with Crippen LogP contribution in [0.15, 0.2) is 24.3 Å². The SMILES string of the molecule is Cc1cc(C(=O)Cl)c2cc(F)ccc2n1. The van der Waals surface area contributed by atoms with Gasteiger partial charge in [-0.2, -0.15) is 0 Å². The van der Waals surface area contributed by atoms with Gasteiger partial charge in [-0.1, -0.05) is 0 Å². The number of fused-ring (bicyclic) bond motifs is 1. The third-order valence-electron chi connectivity index (χ3n) is 2.11. The normalized spacial score (nSPS) is 10.6. The summed E-state index contributed by atoms with van der Waals surface area (Å²) < 4.78 is 13.0. The summed E-state index contributed by atoms with van der Waals surface area (Å²) in [5.74, 6) is -0.410. The summed E-state index contributed by atoms with van der Waals surface area (Å²) in [4.78, 5) is 15.3. The molecule has 0 atom stereocenters. The van der Waals surface area contributed by atoms with E-state index in [2.05, 4.69) is 4.98 Å². The van der Waals surface area contributed by atoms with E-state index in [4.69, 9.17) is 11.6 Å². The maximum atomic E-state index is 13.0. The van der Waals surface area contributed by atoms with Crippen molar-refractivity contribution in [2.24, 2.45) is 0 Å². The van der Waals surface area contributed by atoms with Gasteiger partial charge < -0.3 is 0 Å². The van der Waals surface area contributed by atoms with Crippen molar-refractivity contribution < 1.29 is 9.18 Å². The molecular formula is C11H7ClFNO. The highest BCUT2D eigenvalue weighted by Gasteiger charge is 2.10. The molecule has 2 rings (SSSR count). The molecule has 0 amide bonds. The number of rotatable bonds is 1. The molecule has 0 bridgehead atoms. The lowest BCUT2D eigenvalue weighted by atomic mass is 10.1. The highest BCUT2D eigenvalue weighted by Crippen LogP contribution is 2.21. The summed E-state index contributed by atoms with van der Waals surface area (Å²) in [6.45, 7) is 1.76. The van der Waals surface area contributed by atoms with Crippen molar-refractivity contribution in [2.45, 2.75) is 6.92 Å². The maximum Gasteiger partial charge on any atom is 0.253 e. The van der Waals surface area contributed by atoms with Gasteiger partial charge in [0, 0.05) is 16.6 Å². The predicted molar refractivity (Wildman–Crippen MR) is 56.6 cm³/mol. The number of hydrogen-bond donors (Lipinski definition) is 0. The molecule has 0 aliphatic carbocycles. The maximum absolute atomic E-state index is 13.0. The van der Waals surface area contributed by atoms with Crippen LogP contribution in [0.1, 0.15) is 16.1 Å². The van der Waals surface area contributed by atoms with E-state index in [-0.39, 0.29) is 0 Å². The molecule has 15 heavy (non-hydrogen) atoms. The van der Waals surface area contributed by atoms with Crippen molar-refractivity contribution in [2.75, 3.05) is 0 Å². The van der Waals surface area contributed by atoms with E-state index >= 15 is 0 Å². The first-order chi connectivity index (χ1) is 7.08. The largest absolute Gasteiger partial charge is 0.276 e. The molecule has 0 radical (unpaired) electrons. The van der Waals surface area contributed by atoms with Gasteiger partial charge >= 0.3 is 0 Å². The van der Waals surface area contributed by atoms with Crippen molar-refractivity contribution in [1.29, 1.82) is 0 Å². The number of hydrogen-bond acceptors (Lipinski definition) is 2. The molecular weight excluding hydrogens is 217 g/mol. The highest BCUT2D eigenvalue weighted by atomic mass is 35.5. The van der Waals surface area contributed by atoms with Crippen molar-refractivity contribution in [1.82, 2.24) is 4.98 Å². The number of nitrogens with zero attached hydrogens (tertiary/aromatic N) is 1. The Balaban J connectivity index is 2.87. The first-order valence-electron chi connectivity index (χ1n) is 4.34. The highest BCUT2D eigenvalue weighted by molar-refractivity contribution is 6.68. The number of carbonyl (C=O) groups is 1. The van der Waals surface area contributed by atoms with Crippen molar-refractivity contribution in [3.05, 3.63) is 41.3 Å². The minimum Gasteiger partial charge on any atom is -0.276 e. The Morgan fingerprint density at radius 1 is 1.40 bits per heavy atom. The van der Waals surface area contributed by atoms with Gasteiger partial charge in [0.25, 0.3) is 5.24 Å². The van der Waals surface area contributed by atoms with Crippen LogP contribution in [0.2, 0.25) is 0 Å². The smallest absolute Gasteiger partial charge is 0.253 e. The number of aromatic nitrogens is 1. The number of aryl methyl sites for hydroxylation is 1. The van der Waals surface area contributed by atoms with Gasteiger partial charge in [0.2, 0.25) is 0 Å². The molecule has 1 heterocycles. The van der Waals surface area contributed by atoms with E-state index in [0.29, 0.717) is 22.2 Å². The number of halogens is 2. The van der Waals surface area contributed by atoms with Crippen LogP contribution in [0.25, 0.3) is 10.9 Å². The number of benzene rings is 1. The average molecular weight is 224 g/mol. The van der Waals surface area contributed by atoms with Crippen molar-refractivity contribution in [3.8, 4) is 0 Å². The third kappa shape index (κ3) is 1.83. The van der Waals surface area contributed by atoms with E-state index in [1.54, 1.807) is 13.0 Å². The lowest BCUT2D eigenvalue weighted by Crippen LogP contribution is -1.95. The Morgan fingerprint density at radius 2 is 2.13 bits per heavy atom. The van der Waals surface area contributed by atoms with Crippen LogP contribution >= 0.6 is 11.6 Å². The minimum atomic E-state index is -0.601. The Kier molecular flexibility index (Phi) is 2.40. The van der Waals surface area contributed by atoms with Gasteiger partial charge in [-0.3, -0.25) is 9.78 Å². The molecule has 0 aliphatic rings. The first-order valence-corrected chi connectivity index (χ1v) is 4.72. The summed E-state index contributed by atoms with van der Waals surface area (Å²) in [5.41, 5.74) is 1.54. The van der Waals surface area contributed by atoms with Gasteiger partial charge in [0.05, 0.1) is 5.52 Å². The average Bonchev–Trinajstić information content (AvgIpc) is 2.17. The second kappa shape index (κ2) is 3.59. The molecule has 0 fully saturated rings. The summed E-state index contributed by atoms with van der Waals surface area (Å²) >= 11 is 5.42. The van der Waals surface area contributed by atoms with Crippen molar-refractivity contribution >= 4 is 27.7 Å². The number of carbonyl (C=O) groups excluding carboxylic acids is 1. The van der Waals surface area contributed by atoms with Gasteiger partial charge in [-0.15, -0.1) is 0 Å². The predicted octanol–water partition coefficient (Wildman–Crippen LogP) is 3.06. The zero-order valence-corrected chi connectivity index (χ0v) is 8.68. The molecule has 0 N–H and O–H groups in total. The Bertz CT molecular complexity index is 554. The van der Waals surface area contributed by atoms with Crippen LogP contribution < -0.4 is 0 Å².